The maximum Gasteiger partial charge on any atom is 0.241 e. The molecule has 0 aliphatic heterocycles. The molecular formula is C15H19ClN2O. The summed E-state index contributed by atoms with van der Waals surface area (Å²) in [4.78, 5) is 0. The van der Waals surface area contributed by atoms with Crippen LogP contribution < -0.4 is 4.74 Å². The third kappa shape index (κ3) is 3.80. The van der Waals surface area contributed by atoms with Crippen LogP contribution in [0.3, 0.4) is 0 Å². The summed E-state index contributed by atoms with van der Waals surface area (Å²) in [5, 5.41) is 10.2. The lowest BCUT2D eigenvalue weighted by Gasteiger charge is -2.08. The minimum absolute atomic E-state index is 0.422. The Kier molecular flexibility index (Phi) is 5.40. The van der Waals surface area contributed by atoms with E-state index >= 15 is 0 Å². The Morgan fingerprint density at radius 3 is 2.53 bits per heavy atom. The number of fused-ring (bicyclic) bond motifs is 1. The fraction of sp³-hybridized carbons (Fsp3) is 0.467. The van der Waals surface area contributed by atoms with E-state index < -0.39 is 0 Å². The van der Waals surface area contributed by atoms with Crippen molar-refractivity contribution >= 4 is 22.4 Å². The van der Waals surface area contributed by atoms with E-state index in [4.69, 9.17) is 16.3 Å². The molecule has 1 aromatic carbocycles. The highest BCUT2D eigenvalue weighted by Crippen LogP contribution is 2.27. The fourth-order valence-corrected chi connectivity index (χ4v) is 2.23. The maximum atomic E-state index is 6.02. The first-order valence-electron chi connectivity index (χ1n) is 6.86. The van der Waals surface area contributed by atoms with Gasteiger partial charge in [-0.2, -0.15) is 0 Å². The predicted octanol–water partition coefficient (Wildman–Crippen LogP) is 4.63. The molecule has 0 N–H and O–H groups in total. The van der Waals surface area contributed by atoms with E-state index in [0.717, 1.165) is 17.2 Å². The van der Waals surface area contributed by atoms with Crippen molar-refractivity contribution in [1.82, 2.24) is 10.2 Å². The highest BCUT2D eigenvalue weighted by molar-refractivity contribution is 6.34. The average molecular weight is 279 g/mol. The Balaban J connectivity index is 1.96. The van der Waals surface area contributed by atoms with Gasteiger partial charge in [-0.3, -0.25) is 0 Å². The molecule has 0 bridgehead atoms. The number of rotatable bonds is 7. The minimum atomic E-state index is 0.422. The lowest BCUT2D eigenvalue weighted by Crippen LogP contribution is -2.01. The summed E-state index contributed by atoms with van der Waals surface area (Å²) in [7, 11) is 0. The van der Waals surface area contributed by atoms with Crippen LogP contribution in [0.4, 0.5) is 0 Å². The summed E-state index contributed by atoms with van der Waals surface area (Å²) < 4.78 is 5.72. The lowest BCUT2D eigenvalue weighted by atomic mass is 10.2. The van der Waals surface area contributed by atoms with Gasteiger partial charge >= 0.3 is 0 Å². The topological polar surface area (TPSA) is 35.0 Å². The van der Waals surface area contributed by atoms with Gasteiger partial charge in [0.05, 0.1) is 6.61 Å². The fourth-order valence-electron chi connectivity index (χ4n) is 2.03. The first-order chi connectivity index (χ1) is 9.33. The number of nitrogens with zero attached hydrogens (tertiary/aromatic N) is 2. The molecule has 0 amide bonds. The second kappa shape index (κ2) is 7.29. The molecule has 102 valence electrons. The molecule has 0 saturated carbocycles. The van der Waals surface area contributed by atoms with Gasteiger partial charge in [-0.15, -0.1) is 10.2 Å². The Labute approximate surface area is 118 Å². The van der Waals surface area contributed by atoms with Crippen LogP contribution in [0, 0.1) is 0 Å². The number of hydrogen-bond donors (Lipinski definition) is 0. The SMILES string of the molecule is CCCCCCCOc1nnc(Cl)c2ccccc12. The van der Waals surface area contributed by atoms with Gasteiger partial charge in [0, 0.05) is 10.8 Å². The molecule has 3 nitrogen and oxygen atoms in total. The summed E-state index contributed by atoms with van der Waals surface area (Å²) in [5.74, 6) is 0.579. The standard InChI is InChI=1S/C15H19ClN2O/c1-2-3-4-5-8-11-19-15-13-10-7-6-9-12(13)14(16)17-18-15/h6-7,9-10H,2-5,8,11H2,1H3. The number of benzene rings is 1. The van der Waals surface area contributed by atoms with Crippen molar-refractivity contribution in [2.45, 2.75) is 39.0 Å². The number of ether oxygens (including phenoxy) is 1. The Hall–Kier alpha value is -1.35. The van der Waals surface area contributed by atoms with Gasteiger partial charge in [0.2, 0.25) is 5.88 Å². The van der Waals surface area contributed by atoms with Crippen LogP contribution in [0.5, 0.6) is 5.88 Å². The molecule has 0 saturated heterocycles. The molecule has 4 heteroatoms. The third-order valence-electron chi connectivity index (χ3n) is 3.10. The Morgan fingerprint density at radius 1 is 1.00 bits per heavy atom. The van der Waals surface area contributed by atoms with Crippen molar-refractivity contribution in [1.29, 1.82) is 0 Å². The van der Waals surface area contributed by atoms with E-state index in [0.29, 0.717) is 17.6 Å². The third-order valence-corrected chi connectivity index (χ3v) is 3.37. The van der Waals surface area contributed by atoms with Gasteiger partial charge in [-0.25, -0.2) is 0 Å². The largest absolute Gasteiger partial charge is 0.476 e. The number of aromatic nitrogens is 2. The predicted molar refractivity (Wildman–Crippen MR) is 78.8 cm³/mol. The summed E-state index contributed by atoms with van der Waals surface area (Å²) >= 11 is 6.02. The Morgan fingerprint density at radius 2 is 1.74 bits per heavy atom. The number of unbranched alkanes of at least 4 members (excludes halogenated alkanes) is 4. The quantitative estimate of drug-likeness (QED) is 0.693. The molecule has 19 heavy (non-hydrogen) atoms. The first kappa shape index (κ1) is 14.1. The maximum absolute atomic E-state index is 6.02. The van der Waals surface area contributed by atoms with Crippen molar-refractivity contribution in [3.05, 3.63) is 29.4 Å². The molecule has 0 aliphatic carbocycles. The van der Waals surface area contributed by atoms with E-state index in [1.54, 1.807) is 0 Å². The van der Waals surface area contributed by atoms with E-state index in [1.165, 1.54) is 25.7 Å². The zero-order chi connectivity index (χ0) is 13.5. The summed E-state index contributed by atoms with van der Waals surface area (Å²) in [6.07, 6.45) is 6.08. The average Bonchev–Trinajstić information content (AvgIpc) is 2.45. The van der Waals surface area contributed by atoms with Crippen molar-refractivity contribution in [3.8, 4) is 5.88 Å². The van der Waals surface area contributed by atoms with Gasteiger partial charge < -0.3 is 4.74 Å². The minimum Gasteiger partial charge on any atom is -0.476 e. The van der Waals surface area contributed by atoms with E-state index in [9.17, 15) is 0 Å². The molecule has 0 atom stereocenters. The summed E-state index contributed by atoms with van der Waals surface area (Å²) in [5.41, 5.74) is 0. The van der Waals surface area contributed by atoms with Crippen LogP contribution in [0.15, 0.2) is 24.3 Å². The van der Waals surface area contributed by atoms with Crippen LogP contribution >= 0.6 is 11.6 Å². The summed E-state index contributed by atoms with van der Waals surface area (Å²) in [6.45, 7) is 2.90. The smallest absolute Gasteiger partial charge is 0.241 e. The van der Waals surface area contributed by atoms with Crippen LogP contribution in [0.1, 0.15) is 39.0 Å². The first-order valence-corrected chi connectivity index (χ1v) is 7.24. The van der Waals surface area contributed by atoms with Crippen molar-refractivity contribution in [2.75, 3.05) is 6.61 Å². The number of halogens is 1. The van der Waals surface area contributed by atoms with Gasteiger partial charge in [-0.05, 0) is 12.5 Å². The second-order valence-electron chi connectivity index (χ2n) is 4.60. The van der Waals surface area contributed by atoms with Crippen LogP contribution in [-0.2, 0) is 0 Å². The van der Waals surface area contributed by atoms with Gasteiger partial charge in [0.1, 0.15) is 0 Å². The zero-order valence-corrected chi connectivity index (χ0v) is 12.0. The van der Waals surface area contributed by atoms with E-state index in [2.05, 4.69) is 17.1 Å². The molecule has 0 aliphatic rings. The molecular weight excluding hydrogens is 260 g/mol. The van der Waals surface area contributed by atoms with Gasteiger partial charge in [-0.1, -0.05) is 62.4 Å². The molecule has 2 aromatic rings. The van der Waals surface area contributed by atoms with Crippen molar-refractivity contribution < 1.29 is 4.74 Å². The van der Waals surface area contributed by atoms with Crippen molar-refractivity contribution in [3.63, 3.8) is 0 Å². The molecule has 0 radical (unpaired) electrons. The highest BCUT2D eigenvalue weighted by atomic mass is 35.5. The van der Waals surface area contributed by atoms with Crippen LogP contribution in [-0.4, -0.2) is 16.8 Å². The van der Waals surface area contributed by atoms with E-state index in [1.807, 2.05) is 24.3 Å². The van der Waals surface area contributed by atoms with Gasteiger partial charge in [0.25, 0.3) is 0 Å². The second-order valence-corrected chi connectivity index (χ2v) is 4.96. The zero-order valence-electron chi connectivity index (χ0n) is 11.2. The van der Waals surface area contributed by atoms with Gasteiger partial charge in [0.15, 0.2) is 5.15 Å². The monoisotopic (exact) mass is 278 g/mol. The molecule has 0 fully saturated rings. The molecule has 1 heterocycles. The Bertz CT molecular complexity index is 531. The molecule has 1 aromatic heterocycles. The summed E-state index contributed by atoms with van der Waals surface area (Å²) in [6, 6.07) is 7.78. The highest BCUT2D eigenvalue weighted by Gasteiger charge is 2.07. The van der Waals surface area contributed by atoms with Crippen LogP contribution in [0.2, 0.25) is 5.15 Å². The number of hydrogen-bond acceptors (Lipinski definition) is 3. The van der Waals surface area contributed by atoms with E-state index in [-0.39, 0.29) is 0 Å². The molecule has 0 spiro atoms. The van der Waals surface area contributed by atoms with Crippen LogP contribution in [0.25, 0.3) is 10.8 Å². The normalized spacial score (nSPS) is 10.8. The lowest BCUT2D eigenvalue weighted by molar-refractivity contribution is 0.294. The van der Waals surface area contributed by atoms with Crippen molar-refractivity contribution in [2.24, 2.45) is 0 Å². The molecule has 2 rings (SSSR count). The molecule has 0 unspecified atom stereocenters.